The van der Waals surface area contributed by atoms with E-state index in [0.717, 1.165) is 16.9 Å². The zero-order chi connectivity index (χ0) is 16.6. The second kappa shape index (κ2) is 6.08. The van der Waals surface area contributed by atoms with Crippen LogP contribution in [0, 0.1) is 0 Å². The van der Waals surface area contributed by atoms with Crippen LogP contribution in [0.3, 0.4) is 0 Å². The molecule has 1 aliphatic rings. The summed E-state index contributed by atoms with van der Waals surface area (Å²) in [7, 11) is 0. The fraction of sp³-hybridized carbons (Fsp3) is 0.312. The van der Waals surface area contributed by atoms with Gasteiger partial charge < -0.3 is 10.4 Å². The summed E-state index contributed by atoms with van der Waals surface area (Å²) in [4.78, 5) is 23.0. The minimum absolute atomic E-state index is 0.0525. The summed E-state index contributed by atoms with van der Waals surface area (Å²) in [5.41, 5.74) is 2.15. The summed E-state index contributed by atoms with van der Waals surface area (Å²) in [6.45, 7) is 4.02. The molecule has 0 aliphatic carbocycles. The smallest absolute Gasteiger partial charge is 0.335 e. The Labute approximate surface area is 137 Å². The van der Waals surface area contributed by atoms with Crippen LogP contribution in [-0.4, -0.2) is 32.5 Å². The van der Waals surface area contributed by atoms with Crippen molar-refractivity contribution in [2.75, 3.05) is 11.1 Å². The highest BCUT2D eigenvalue weighted by molar-refractivity contribution is 8.00. The number of carboxylic acid groups (broad SMARTS) is 1. The van der Waals surface area contributed by atoms with Crippen molar-refractivity contribution < 1.29 is 14.7 Å². The molecular formula is C16H17N3O3S. The van der Waals surface area contributed by atoms with Gasteiger partial charge >= 0.3 is 5.97 Å². The minimum Gasteiger partial charge on any atom is -0.478 e. The normalized spacial score (nSPS) is 17.5. The van der Waals surface area contributed by atoms with Crippen molar-refractivity contribution in [1.82, 2.24) is 9.78 Å². The Hall–Kier alpha value is -2.28. The minimum atomic E-state index is -0.949. The second-order valence-corrected chi connectivity index (χ2v) is 6.75. The van der Waals surface area contributed by atoms with Crippen molar-refractivity contribution in [3.8, 4) is 0 Å². The van der Waals surface area contributed by atoms with E-state index in [4.69, 9.17) is 5.11 Å². The molecule has 0 radical (unpaired) electrons. The first-order chi connectivity index (χ1) is 11.0. The maximum atomic E-state index is 12.0. The van der Waals surface area contributed by atoms with Gasteiger partial charge in [-0.25, -0.2) is 9.48 Å². The predicted molar refractivity (Wildman–Crippen MR) is 88.9 cm³/mol. The fourth-order valence-electron chi connectivity index (χ4n) is 2.58. The molecule has 0 spiro atoms. The molecule has 1 aromatic carbocycles. The first-order valence-electron chi connectivity index (χ1n) is 7.29. The summed E-state index contributed by atoms with van der Waals surface area (Å²) in [6, 6.07) is 6.91. The molecule has 3 rings (SSSR count). The third-order valence-corrected chi connectivity index (χ3v) is 4.98. The van der Waals surface area contributed by atoms with Gasteiger partial charge in [-0.3, -0.25) is 4.79 Å². The van der Waals surface area contributed by atoms with Crippen LogP contribution in [0.1, 0.15) is 46.6 Å². The molecule has 6 nitrogen and oxygen atoms in total. The van der Waals surface area contributed by atoms with Gasteiger partial charge in [-0.2, -0.15) is 5.10 Å². The van der Waals surface area contributed by atoms with Gasteiger partial charge in [-0.15, -0.1) is 11.8 Å². The molecular weight excluding hydrogens is 314 g/mol. The maximum Gasteiger partial charge on any atom is 0.335 e. The number of carbonyl (C=O) groups excluding carboxylic acids is 1. The second-order valence-electron chi connectivity index (χ2n) is 5.65. The number of anilines is 1. The van der Waals surface area contributed by atoms with E-state index in [-0.39, 0.29) is 22.8 Å². The van der Waals surface area contributed by atoms with E-state index in [0.29, 0.717) is 5.75 Å². The molecule has 120 valence electrons. The summed E-state index contributed by atoms with van der Waals surface area (Å²) in [5, 5.41) is 16.3. The van der Waals surface area contributed by atoms with Crippen LogP contribution in [0.4, 0.5) is 5.82 Å². The summed E-state index contributed by atoms with van der Waals surface area (Å²) in [5.74, 6) is 0.0684. The lowest BCUT2D eigenvalue weighted by Gasteiger charge is -2.15. The molecule has 0 unspecified atom stereocenters. The van der Waals surface area contributed by atoms with Gasteiger partial charge in [0.05, 0.1) is 22.8 Å². The van der Waals surface area contributed by atoms with Crippen LogP contribution in [0.15, 0.2) is 30.5 Å². The van der Waals surface area contributed by atoms with Crippen LogP contribution in [0.5, 0.6) is 0 Å². The van der Waals surface area contributed by atoms with Crippen LogP contribution in [0.2, 0.25) is 0 Å². The fourth-order valence-corrected chi connectivity index (χ4v) is 3.67. The number of hydrogen-bond acceptors (Lipinski definition) is 4. The van der Waals surface area contributed by atoms with E-state index < -0.39 is 5.97 Å². The summed E-state index contributed by atoms with van der Waals surface area (Å²) in [6.07, 6.45) is 1.78. The Bertz CT molecular complexity index is 752. The van der Waals surface area contributed by atoms with Gasteiger partial charge in [0.1, 0.15) is 5.82 Å². The lowest BCUT2D eigenvalue weighted by molar-refractivity contribution is -0.113. The van der Waals surface area contributed by atoms with Gasteiger partial charge in [-0.1, -0.05) is 12.1 Å². The van der Waals surface area contributed by atoms with Crippen molar-refractivity contribution in [3.05, 3.63) is 47.2 Å². The van der Waals surface area contributed by atoms with Crippen molar-refractivity contribution in [3.63, 3.8) is 0 Å². The lowest BCUT2D eigenvalue weighted by Crippen LogP contribution is -2.17. The third-order valence-electron chi connectivity index (χ3n) is 3.69. The molecule has 1 aliphatic heterocycles. The highest BCUT2D eigenvalue weighted by Crippen LogP contribution is 2.41. The van der Waals surface area contributed by atoms with Crippen molar-refractivity contribution >= 4 is 29.5 Å². The van der Waals surface area contributed by atoms with E-state index in [2.05, 4.69) is 10.4 Å². The number of nitrogens with zero attached hydrogens (tertiary/aromatic N) is 2. The Balaban J connectivity index is 2.03. The van der Waals surface area contributed by atoms with Crippen molar-refractivity contribution in [2.24, 2.45) is 0 Å². The van der Waals surface area contributed by atoms with Crippen molar-refractivity contribution in [1.29, 1.82) is 0 Å². The standard InChI is InChI=1S/C16H17N3O3S/c1-9(2)19-15-12(7-17-19)14(23-8-13(20)18-15)10-3-5-11(6-4-10)16(21)22/h3-7,9,14H,8H2,1-2H3,(H,18,20)(H,21,22)/t14-/m0/s1. The number of nitrogens with one attached hydrogen (secondary N) is 1. The van der Waals surface area contributed by atoms with Gasteiger partial charge in [0.25, 0.3) is 0 Å². The molecule has 1 atom stereocenters. The molecule has 1 aromatic heterocycles. The molecule has 7 heteroatoms. The third kappa shape index (κ3) is 2.96. The molecule has 0 saturated heterocycles. The van der Waals surface area contributed by atoms with Gasteiger partial charge in [0, 0.05) is 11.6 Å². The molecule has 0 fully saturated rings. The highest BCUT2D eigenvalue weighted by Gasteiger charge is 2.28. The van der Waals surface area contributed by atoms with Gasteiger partial charge in [0.15, 0.2) is 0 Å². The number of benzene rings is 1. The van der Waals surface area contributed by atoms with E-state index in [9.17, 15) is 9.59 Å². The Morgan fingerprint density at radius 2 is 2.09 bits per heavy atom. The van der Waals surface area contributed by atoms with E-state index >= 15 is 0 Å². The van der Waals surface area contributed by atoms with Crippen LogP contribution in [-0.2, 0) is 4.79 Å². The van der Waals surface area contributed by atoms with E-state index in [1.165, 1.54) is 11.8 Å². The Morgan fingerprint density at radius 1 is 1.39 bits per heavy atom. The number of aromatic nitrogens is 2. The predicted octanol–water partition coefficient (Wildman–Crippen LogP) is 2.94. The SMILES string of the molecule is CC(C)n1ncc2c1NC(=O)CS[C@H]2c1ccc(C(=O)O)cc1. The molecule has 0 saturated carbocycles. The number of thioether (sulfide) groups is 1. The number of hydrogen-bond donors (Lipinski definition) is 2. The topological polar surface area (TPSA) is 84.2 Å². The molecule has 23 heavy (non-hydrogen) atoms. The summed E-state index contributed by atoms with van der Waals surface area (Å²) >= 11 is 1.51. The average Bonchev–Trinajstić information content (AvgIpc) is 2.84. The molecule has 2 heterocycles. The number of carboxylic acids is 1. The number of rotatable bonds is 3. The van der Waals surface area contributed by atoms with Crippen LogP contribution >= 0.6 is 11.8 Å². The maximum absolute atomic E-state index is 12.0. The quantitative estimate of drug-likeness (QED) is 0.903. The molecule has 2 N–H and O–H groups in total. The number of fused-ring (bicyclic) bond motifs is 1. The van der Waals surface area contributed by atoms with Crippen LogP contribution < -0.4 is 5.32 Å². The molecule has 1 amide bonds. The first-order valence-corrected chi connectivity index (χ1v) is 8.34. The van der Waals surface area contributed by atoms with E-state index in [1.54, 1.807) is 35.1 Å². The lowest BCUT2D eigenvalue weighted by atomic mass is 10.0. The Kier molecular flexibility index (Phi) is 4.12. The number of carbonyl (C=O) groups is 2. The Morgan fingerprint density at radius 3 is 2.70 bits per heavy atom. The highest BCUT2D eigenvalue weighted by atomic mass is 32.2. The number of amides is 1. The van der Waals surface area contributed by atoms with Gasteiger partial charge in [-0.05, 0) is 31.5 Å². The van der Waals surface area contributed by atoms with Crippen LogP contribution in [0.25, 0.3) is 0 Å². The zero-order valence-electron chi connectivity index (χ0n) is 12.8. The van der Waals surface area contributed by atoms with Gasteiger partial charge in [0.2, 0.25) is 5.91 Å². The average molecular weight is 331 g/mol. The monoisotopic (exact) mass is 331 g/mol. The molecule has 0 bridgehead atoms. The zero-order valence-corrected chi connectivity index (χ0v) is 13.6. The largest absolute Gasteiger partial charge is 0.478 e. The summed E-state index contributed by atoms with van der Waals surface area (Å²) < 4.78 is 1.80. The van der Waals surface area contributed by atoms with E-state index in [1.807, 2.05) is 13.8 Å². The molecule has 2 aromatic rings. The number of aromatic carboxylic acids is 1. The van der Waals surface area contributed by atoms with Crippen molar-refractivity contribution in [2.45, 2.75) is 25.1 Å². The first kappa shape index (κ1) is 15.6.